The van der Waals surface area contributed by atoms with Crippen LogP contribution >= 0.6 is 34.7 Å². The topological polar surface area (TPSA) is 76.6 Å². The van der Waals surface area contributed by atoms with Gasteiger partial charge < -0.3 is 4.90 Å². The SMILES string of the molecule is Cc1ccc(-c2c(C#N)c(SCc3csc(-c4ccc(Cl)cc4)n3)nc(N3CCC3)c2C#N)cc1. The average molecular weight is 514 g/mol. The molecule has 1 fully saturated rings. The van der Waals surface area contributed by atoms with Crippen LogP contribution in [0.1, 0.15) is 28.8 Å². The summed E-state index contributed by atoms with van der Waals surface area (Å²) in [6.07, 6.45) is 1.07. The summed E-state index contributed by atoms with van der Waals surface area (Å²) >= 11 is 9.07. The molecule has 0 spiro atoms. The number of hydrogen-bond acceptors (Lipinski definition) is 7. The minimum atomic E-state index is 0.438. The number of thiazole rings is 1. The van der Waals surface area contributed by atoms with Crippen molar-refractivity contribution in [3.63, 3.8) is 0 Å². The van der Waals surface area contributed by atoms with E-state index in [1.807, 2.05) is 60.8 Å². The number of nitriles is 2. The number of anilines is 1. The molecular formula is C27H20ClN5S2. The van der Waals surface area contributed by atoms with Crippen molar-refractivity contribution < 1.29 is 0 Å². The van der Waals surface area contributed by atoms with Crippen LogP contribution in [-0.2, 0) is 5.75 Å². The van der Waals surface area contributed by atoms with Gasteiger partial charge in [0.05, 0.1) is 11.3 Å². The van der Waals surface area contributed by atoms with E-state index in [1.54, 1.807) is 11.3 Å². The molecule has 0 amide bonds. The van der Waals surface area contributed by atoms with E-state index in [2.05, 4.69) is 17.0 Å². The molecule has 0 aliphatic carbocycles. The Hall–Kier alpha value is -3.36. The minimum absolute atomic E-state index is 0.438. The Morgan fingerprint density at radius 1 is 0.971 bits per heavy atom. The molecule has 0 unspecified atom stereocenters. The summed E-state index contributed by atoms with van der Waals surface area (Å²) in [6.45, 7) is 3.74. The molecule has 0 bridgehead atoms. The van der Waals surface area contributed by atoms with E-state index in [4.69, 9.17) is 21.6 Å². The van der Waals surface area contributed by atoms with Crippen LogP contribution in [-0.4, -0.2) is 23.1 Å². The number of thioether (sulfide) groups is 1. The molecular weight excluding hydrogens is 494 g/mol. The third-order valence-corrected chi connectivity index (χ3v) is 8.07. The number of pyridine rings is 1. The van der Waals surface area contributed by atoms with Crippen LogP contribution in [0.25, 0.3) is 21.7 Å². The van der Waals surface area contributed by atoms with E-state index in [0.717, 1.165) is 46.9 Å². The van der Waals surface area contributed by atoms with E-state index in [9.17, 15) is 10.5 Å². The summed E-state index contributed by atoms with van der Waals surface area (Å²) in [5, 5.41) is 24.5. The van der Waals surface area contributed by atoms with Crippen LogP contribution in [0.3, 0.4) is 0 Å². The van der Waals surface area contributed by atoms with Crippen LogP contribution in [0.2, 0.25) is 5.02 Å². The van der Waals surface area contributed by atoms with Gasteiger partial charge in [0.15, 0.2) is 0 Å². The number of rotatable bonds is 6. The summed E-state index contributed by atoms with van der Waals surface area (Å²) in [5.74, 6) is 1.24. The summed E-state index contributed by atoms with van der Waals surface area (Å²) in [6, 6.07) is 20.3. The first-order valence-electron chi connectivity index (χ1n) is 11.1. The molecule has 0 saturated carbocycles. The van der Waals surface area contributed by atoms with Gasteiger partial charge in [0, 0.05) is 40.4 Å². The third kappa shape index (κ3) is 4.76. The van der Waals surface area contributed by atoms with Gasteiger partial charge in [-0.25, -0.2) is 9.97 Å². The second-order valence-electron chi connectivity index (χ2n) is 8.24. The molecule has 5 rings (SSSR count). The Bertz CT molecular complexity index is 1460. The van der Waals surface area contributed by atoms with Gasteiger partial charge in [-0.1, -0.05) is 65.3 Å². The van der Waals surface area contributed by atoms with Gasteiger partial charge in [0.2, 0.25) is 0 Å². The molecule has 8 heteroatoms. The van der Waals surface area contributed by atoms with Gasteiger partial charge in [-0.05, 0) is 31.0 Å². The fourth-order valence-corrected chi connectivity index (χ4v) is 5.81. The van der Waals surface area contributed by atoms with Gasteiger partial charge in [0.25, 0.3) is 0 Å². The molecule has 1 saturated heterocycles. The first-order valence-corrected chi connectivity index (χ1v) is 13.3. The maximum atomic E-state index is 10.2. The first-order chi connectivity index (χ1) is 17.1. The molecule has 0 radical (unpaired) electrons. The van der Waals surface area contributed by atoms with Crippen LogP contribution in [0.4, 0.5) is 5.82 Å². The predicted molar refractivity (Wildman–Crippen MR) is 143 cm³/mol. The highest BCUT2D eigenvalue weighted by Gasteiger charge is 2.27. The zero-order valence-corrected chi connectivity index (χ0v) is 21.3. The molecule has 0 N–H and O–H groups in total. The van der Waals surface area contributed by atoms with Crippen molar-refractivity contribution >= 4 is 40.5 Å². The van der Waals surface area contributed by atoms with Crippen molar-refractivity contribution in [1.82, 2.24) is 9.97 Å². The van der Waals surface area contributed by atoms with Gasteiger partial charge in [-0.15, -0.1) is 11.3 Å². The number of aryl methyl sites for hydroxylation is 1. The lowest BCUT2D eigenvalue weighted by molar-refractivity contribution is 0.606. The van der Waals surface area contributed by atoms with Crippen LogP contribution < -0.4 is 4.90 Å². The molecule has 1 aliphatic rings. The Balaban J connectivity index is 1.52. The lowest BCUT2D eigenvalue weighted by Gasteiger charge is -2.33. The smallest absolute Gasteiger partial charge is 0.148 e. The summed E-state index contributed by atoms with van der Waals surface area (Å²) in [5.41, 5.74) is 5.48. The third-order valence-electron chi connectivity index (χ3n) is 5.86. The average Bonchev–Trinajstić information content (AvgIpc) is 3.31. The quantitative estimate of drug-likeness (QED) is 0.256. The lowest BCUT2D eigenvalue weighted by atomic mass is 9.95. The summed E-state index contributed by atoms with van der Waals surface area (Å²) < 4.78 is 0. The van der Waals surface area contributed by atoms with E-state index in [1.165, 1.54) is 11.8 Å². The van der Waals surface area contributed by atoms with Crippen LogP contribution in [0, 0.1) is 29.6 Å². The van der Waals surface area contributed by atoms with Crippen molar-refractivity contribution in [2.75, 3.05) is 18.0 Å². The second-order valence-corrected chi connectivity index (χ2v) is 10.5. The highest BCUT2D eigenvalue weighted by molar-refractivity contribution is 7.98. The molecule has 1 aliphatic heterocycles. The molecule has 2 aromatic heterocycles. The van der Waals surface area contributed by atoms with Gasteiger partial charge in [-0.2, -0.15) is 10.5 Å². The number of benzene rings is 2. The maximum Gasteiger partial charge on any atom is 0.148 e. The van der Waals surface area contributed by atoms with Crippen LogP contribution in [0.5, 0.6) is 0 Å². The number of halogens is 1. The monoisotopic (exact) mass is 513 g/mol. The standard InChI is InChI=1S/C27H20ClN5S2/c1-17-3-5-18(6-4-17)24-22(13-29)25(33-11-2-12-33)32-27(23(24)14-30)35-16-21-15-34-26(31-21)19-7-9-20(28)10-8-19/h3-10,15H,2,11-12,16H2,1H3. The Morgan fingerprint density at radius 2 is 1.66 bits per heavy atom. The van der Waals surface area contributed by atoms with Gasteiger partial charge >= 0.3 is 0 Å². The molecule has 172 valence electrons. The van der Waals surface area contributed by atoms with Gasteiger partial charge in [-0.3, -0.25) is 0 Å². The largest absolute Gasteiger partial charge is 0.355 e. The van der Waals surface area contributed by atoms with E-state index in [-0.39, 0.29) is 0 Å². The molecule has 0 atom stereocenters. The lowest BCUT2D eigenvalue weighted by Crippen LogP contribution is -2.38. The Morgan fingerprint density at radius 3 is 2.29 bits per heavy atom. The van der Waals surface area contributed by atoms with Crippen molar-refractivity contribution in [2.24, 2.45) is 0 Å². The fraction of sp³-hybridized carbons (Fsp3) is 0.185. The first kappa shape index (κ1) is 23.4. The van der Waals surface area contributed by atoms with Crippen molar-refractivity contribution in [3.8, 4) is 33.8 Å². The van der Waals surface area contributed by atoms with Crippen molar-refractivity contribution in [1.29, 1.82) is 10.5 Å². The summed E-state index contributed by atoms with van der Waals surface area (Å²) in [7, 11) is 0. The second kappa shape index (κ2) is 10.1. The molecule has 4 aromatic rings. The molecule has 35 heavy (non-hydrogen) atoms. The number of nitrogens with zero attached hydrogens (tertiary/aromatic N) is 5. The highest BCUT2D eigenvalue weighted by atomic mass is 35.5. The zero-order valence-electron chi connectivity index (χ0n) is 19.0. The highest BCUT2D eigenvalue weighted by Crippen LogP contribution is 2.40. The van der Waals surface area contributed by atoms with Crippen LogP contribution in [0.15, 0.2) is 58.9 Å². The van der Waals surface area contributed by atoms with Gasteiger partial charge in [0.1, 0.15) is 33.6 Å². The van der Waals surface area contributed by atoms with E-state index >= 15 is 0 Å². The van der Waals surface area contributed by atoms with Crippen molar-refractivity contribution in [3.05, 3.63) is 81.3 Å². The van der Waals surface area contributed by atoms with E-state index < -0.39 is 0 Å². The molecule has 2 aromatic carbocycles. The molecule has 3 heterocycles. The number of aromatic nitrogens is 2. The summed E-state index contributed by atoms with van der Waals surface area (Å²) in [4.78, 5) is 11.7. The fourth-order valence-electron chi connectivity index (χ4n) is 3.87. The Labute approximate surface area is 217 Å². The zero-order chi connectivity index (χ0) is 24.4. The molecule has 5 nitrogen and oxygen atoms in total. The number of hydrogen-bond donors (Lipinski definition) is 0. The van der Waals surface area contributed by atoms with E-state index in [0.29, 0.717) is 38.3 Å². The minimum Gasteiger partial charge on any atom is -0.355 e. The Kier molecular flexibility index (Phi) is 6.74. The maximum absolute atomic E-state index is 10.2. The van der Waals surface area contributed by atoms with Crippen molar-refractivity contribution in [2.45, 2.75) is 24.1 Å². The predicted octanol–water partition coefficient (Wildman–Crippen LogP) is 7.08. The normalized spacial score (nSPS) is 12.6.